The summed E-state index contributed by atoms with van der Waals surface area (Å²) in [6.07, 6.45) is 0.810. The molecule has 0 spiro atoms. The van der Waals surface area contributed by atoms with Gasteiger partial charge in [-0.1, -0.05) is 24.6 Å². The van der Waals surface area contributed by atoms with Crippen LogP contribution in [0.2, 0.25) is 5.02 Å². The Balaban J connectivity index is 1.58. The van der Waals surface area contributed by atoms with Gasteiger partial charge in [-0.25, -0.2) is 4.98 Å². The molecule has 0 atom stereocenters. The van der Waals surface area contributed by atoms with Crippen LogP contribution in [0, 0.1) is 6.92 Å². The van der Waals surface area contributed by atoms with E-state index in [9.17, 15) is 0 Å². The summed E-state index contributed by atoms with van der Waals surface area (Å²) in [5.41, 5.74) is 2.15. The number of aromatic nitrogens is 4. The minimum Gasteiger partial charge on any atom is -0.368 e. The van der Waals surface area contributed by atoms with Crippen molar-refractivity contribution in [3.8, 4) is 0 Å². The molecular weight excluding hydrogens is 336 g/mol. The number of piperazine rings is 1. The van der Waals surface area contributed by atoms with Gasteiger partial charge in [-0.05, 0) is 25.1 Å². The van der Waals surface area contributed by atoms with Crippen LogP contribution in [0.3, 0.4) is 0 Å². The zero-order valence-corrected chi connectivity index (χ0v) is 15.2. The van der Waals surface area contributed by atoms with E-state index in [0.717, 1.165) is 55.0 Å². The normalized spacial score (nSPS) is 15.2. The van der Waals surface area contributed by atoms with Crippen molar-refractivity contribution in [2.45, 2.75) is 20.3 Å². The zero-order chi connectivity index (χ0) is 17.4. The summed E-state index contributed by atoms with van der Waals surface area (Å²) in [6.45, 7) is 7.80. The second-order valence-electron chi connectivity index (χ2n) is 6.30. The molecule has 1 aliphatic rings. The van der Waals surface area contributed by atoms with E-state index in [0.29, 0.717) is 5.78 Å². The van der Waals surface area contributed by atoms with Gasteiger partial charge in [-0.2, -0.15) is 9.50 Å². The summed E-state index contributed by atoms with van der Waals surface area (Å²) >= 11 is 6.12. The van der Waals surface area contributed by atoms with Gasteiger partial charge in [0.1, 0.15) is 5.82 Å². The molecule has 7 heteroatoms. The van der Waals surface area contributed by atoms with E-state index < -0.39 is 0 Å². The van der Waals surface area contributed by atoms with E-state index in [2.05, 4.69) is 43.9 Å². The zero-order valence-electron chi connectivity index (χ0n) is 14.5. The summed E-state index contributed by atoms with van der Waals surface area (Å²) in [7, 11) is 0. The van der Waals surface area contributed by atoms with E-state index in [1.807, 2.05) is 29.6 Å². The number of halogens is 1. The Kier molecular flexibility index (Phi) is 4.21. The SMILES string of the molecule is CCc1nc2nc(C)cc(N3CCN(c4cccc(Cl)c4)CC3)n2n1. The first-order valence-corrected chi connectivity index (χ1v) is 9.00. The first-order chi connectivity index (χ1) is 12.1. The maximum atomic E-state index is 6.12. The standard InChI is InChI=1S/C18H21ClN6/c1-3-16-21-18-20-13(2)11-17(25(18)22-16)24-9-7-23(8-10-24)15-6-4-5-14(19)12-15/h4-6,11-12H,3,7-10H2,1-2H3. The molecule has 0 bridgehead atoms. The Bertz CT molecular complexity index is 898. The average Bonchev–Trinajstić information content (AvgIpc) is 3.04. The molecule has 4 rings (SSSR count). The van der Waals surface area contributed by atoms with Gasteiger partial charge in [-0.3, -0.25) is 0 Å². The molecule has 130 valence electrons. The number of nitrogens with zero attached hydrogens (tertiary/aromatic N) is 6. The van der Waals surface area contributed by atoms with E-state index in [-0.39, 0.29) is 0 Å². The van der Waals surface area contributed by atoms with Gasteiger partial charge in [0.25, 0.3) is 5.78 Å². The van der Waals surface area contributed by atoms with Gasteiger partial charge in [0.15, 0.2) is 5.82 Å². The fourth-order valence-electron chi connectivity index (χ4n) is 3.25. The second kappa shape index (κ2) is 6.52. The van der Waals surface area contributed by atoms with Crippen LogP contribution in [-0.4, -0.2) is 45.8 Å². The van der Waals surface area contributed by atoms with Crippen LogP contribution in [0.15, 0.2) is 30.3 Å². The van der Waals surface area contributed by atoms with Crippen molar-refractivity contribution in [2.75, 3.05) is 36.0 Å². The third-order valence-electron chi connectivity index (χ3n) is 4.56. The Hall–Kier alpha value is -2.34. The summed E-state index contributed by atoms with van der Waals surface area (Å²) < 4.78 is 1.88. The lowest BCUT2D eigenvalue weighted by Gasteiger charge is -2.37. The van der Waals surface area contributed by atoms with Crippen molar-refractivity contribution in [2.24, 2.45) is 0 Å². The highest BCUT2D eigenvalue weighted by Gasteiger charge is 2.21. The largest absolute Gasteiger partial charge is 0.368 e. The van der Waals surface area contributed by atoms with Crippen molar-refractivity contribution in [1.29, 1.82) is 0 Å². The lowest BCUT2D eigenvalue weighted by atomic mass is 10.2. The molecular formula is C18H21ClN6. The highest BCUT2D eigenvalue weighted by atomic mass is 35.5. The summed E-state index contributed by atoms with van der Waals surface area (Å²) in [4.78, 5) is 13.7. The minimum atomic E-state index is 0.684. The molecule has 6 nitrogen and oxygen atoms in total. The molecule has 0 aliphatic carbocycles. The van der Waals surface area contributed by atoms with Crippen LogP contribution in [0.4, 0.5) is 11.5 Å². The summed E-state index contributed by atoms with van der Waals surface area (Å²) in [5, 5.41) is 5.39. The molecule has 25 heavy (non-hydrogen) atoms. The van der Waals surface area contributed by atoms with Gasteiger partial charge in [0, 0.05) is 55.1 Å². The number of fused-ring (bicyclic) bond motifs is 1. The van der Waals surface area contributed by atoms with Gasteiger partial charge in [0.05, 0.1) is 0 Å². The first kappa shape index (κ1) is 16.1. The fourth-order valence-corrected chi connectivity index (χ4v) is 3.44. The molecule has 2 aromatic heterocycles. The van der Waals surface area contributed by atoms with E-state index >= 15 is 0 Å². The summed E-state index contributed by atoms with van der Waals surface area (Å²) in [6, 6.07) is 10.1. The van der Waals surface area contributed by atoms with Crippen molar-refractivity contribution >= 4 is 28.9 Å². The molecule has 1 aliphatic heterocycles. The van der Waals surface area contributed by atoms with Gasteiger partial charge >= 0.3 is 0 Å². The smallest absolute Gasteiger partial charge is 0.254 e. The third kappa shape index (κ3) is 3.14. The fraction of sp³-hybridized carbons (Fsp3) is 0.389. The first-order valence-electron chi connectivity index (χ1n) is 8.63. The highest BCUT2D eigenvalue weighted by molar-refractivity contribution is 6.30. The summed E-state index contributed by atoms with van der Waals surface area (Å²) in [5.74, 6) is 2.58. The topological polar surface area (TPSA) is 49.6 Å². The number of hydrogen-bond acceptors (Lipinski definition) is 5. The van der Waals surface area contributed by atoms with Crippen LogP contribution in [0.1, 0.15) is 18.4 Å². The van der Waals surface area contributed by atoms with Gasteiger partial charge in [-0.15, -0.1) is 5.10 Å². The van der Waals surface area contributed by atoms with Gasteiger partial charge < -0.3 is 9.80 Å². The van der Waals surface area contributed by atoms with Crippen LogP contribution < -0.4 is 9.80 Å². The molecule has 3 aromatic rings. The van der Waals surface area contributed by atoms with Crippen molar-refractivity contribution in [1.82, 2.24) is 19.6 Å². The van der Waals surface area contributed by atoms with Crippen LogP contribution >= 0.6 is 11.6 Å². The second-order valence-corrected chi connectivity index (χ2v) is 6.74. The molecule has 0 saturated carbocycles. The van der Waals surface area contributed by atoms with Crippen LogP contribution in [0.25, 0.3) is 5.78 Å². The van der Waals surface area contributed by atoms with Crippen molar-refractivity contribution in [3.63, 3.8) is 0 Å². The monoisotopic (exact) mass is 356 g/mol. The number of anilines is 2. The van der Waals surface area contributed by atoms with E-state index in [1.165, 1.54) is 5.69 Å². The highest BCUT2D eigenvalue weighted by Crippen LogP contribution is 2.23. The van der Waals surface area contributed by atoms with Crippen LogP contribution in [-0.2, 0) is 6.42 Å². The third-order valence-corrected chi connectivity index (χ3v) is 4.79. The number of benzene rings is 1. The molecule has 0 N–H and O–H groups in total. The predicted octanol–water partition coefficient (Wildman–Crippen LogP) is 2.98. The number of aryl methyl sites for hydroxylation is 2. The molecule has 1 fully saturated rings. The Labute approximate surface area is 152 Å². The lowest BCUT2D eigenvalue weighted by molar-refractivity contribution is 0.637. The molecule has 0 amide bonds. The van der Waals surface area contributed by atoms with E-state index in [1.54, 1.807) is 0 Å². The minimum absolute atomic E-state index is 0.684. The number of hydrogen-bond donors (Lipinski definition) is 0. The van der Waals surface area contributed by atoms with Crippen LogP contribution in [0.5, 0.6) is 0 Å². The van der Waals surface area contributed by atoms with Crippen molar-refractivity contribution in [3.05, 3.63) is 46.9 Å². The molecule has 3 heterocycles. The number of rotatable bonds is 3. The maximum Gasteiger partial charge on any atom is 0.254 e. The average molecular weight is 357 g/mol. The molecule has 0 radical (unpaired) electrons. The maximum absolute atomic E-state index is 6.12. The molecule has 0 unspecified atom stereocenters. The van der Waals surface area contributed by atoms with Gasteiger partial charge in [0.2, 0.25) is 0 Å². The Morgan fingerprint density at radius 1 is 1.04 bits per heavy atom. The predicted molar refractivity (Wildman–Crippen MR) is 101 cm³/mol. The van der Waals surface area contributed by atoms with E-state index in [4.69, 9.17) is 11.6 Å². The molecule has 1 aromatic carbocycles. The van der Waals surface area contributed by atoms with Crippen molar-refractivity contribution < 1.29 is 0 Å². The quantitative estimate of drug-likeness (QED) is 0.722. The Morgan fingerprint density at radius 3 is 2.52 bits per heavy atom. The Morgan fingerprint density at radius 2 is 1.80 bits per heavy atom. The molecule has 1 saturated heterocycles. The lowest BCUT2D eigenvalue weighted by Crippen LogP contribution is -2.47.